The molecule has 0 unspecified atom stereocenters. The highest BCUT2D eigenvalue weighted by molar-refractivity contribution is 5.58. The first-order chi connectivity index (χ1) is 10.2. The fraction of sp³-hybridized carbons (Fsp3) is 0.625. The predicted octanol–water partition coefficient (Wildman–Crippen LogP) is 1.74. The van der Waals surface area contributed by atoms with Crippen molar-refractivity contribution in [2.24, 2.45) is 0 Å². The van der Waals surface area contributed by atoms with Crippen LogP contribution in [0.1, 0.15) is 18.4 Å². The lowest BCUT2D eigenvalue weighted by molar-refractivity contribution is -0.0149. The minimum Gasteiger partial charge on any atom is -0.389 e. The molecule has 0 spiro atoms. The second-order valence-corrected chi connectivity index (χ2v) is 5.80. The first-order valence-electron chi connectivity index (χ1n) is 7.63. The van der Waals surface area contributed by atoms with Crippen molar-refractivity contribution >= 4 is 5.69 Å². The number of hydrogen-bond donors (Lipinski definition) is 1. The molecule has 0 bridgehead atoms. The van der Waals surface area contributed by atoms with Gasteiger partial charge in [0.1, 0.15) is 5.82 Å². The molecule has 1 aromatic carbocycles. The van der Waals surface area contributed by atoms with Crippen LogP contribution in [-0.2, 0) is 15.9 Å². The van der Waals surface area contributed by atoms with Gasteiger partial charge in [0.2, 0.25) is 0 Å². The Morgan fingerprint density at radius 1 is 1.48 bits per heavy atom. The lowest BCUT2D eigenvalue weighted by atomic mass is 10.2. The highest BCUT2D eigenvalue weighted by Gasteiger charge is 2.22. The maximum absolute atomic E-state index is 13.3. The zero-order valence-electron chi connectivity index (χ0n) is 12.1. The fourth-order valence-corrected chi connectivity index (χ4v) is 3.03. The zero-order valence-corrected chi connectivity index (χ0v) is 12.1. The predicted molar refractivity (Wildman–Crippen MR) is 78.1 cm³/mol. The van der Waals surface area contributed by atoms with Gasteiger partial charge in [0.15, 0.2) is 0 Å². The third kappa shape index (κ3) is 3.73. The van der Waals surface area contributed by atoms with E-state index < -0.39 is 6.10 Å². The molecule has 2 aliphatic rings. The molecule has 0 aromatic heterocycles. The Morgan fingerprint density at radius 3 is 3.19 bits per heavy atom. The molecule has 2 heterocycles. The maximum Gasteiger partial charge on any atom is 0.125 e. The van der Waals surface area contributed by atoms with Gasteiger partial charge in [0.05, 0.1) is 25.4 Å². The fourth-order valence-electron chi connectivity index (χ4n) is 3.03. The number of ether oxygens (including phenoxy) is 2. The van der Waals surface area contributed by atoms with Crippen LogP contribution < -0.4 is 4.90 Å². The molecule has 1 fully saturated rings. The second-order valence-electron chi connectivity index (χ2n) is 5.80. The van der Waals surface area contributed by atoms with Gasteiger partial charge in [0, 0.05) is 25.4 Å². The monoisotopic (exact) mass is 295 g/mol. The van der Waals surface area contributed by atoms with E-state index in [1.165, 1.54) is 6.07 Å². The number of rotatable bonds is 6. The molecule has 0 saturated carbocycles. The normalized spacial score (nSPS) is 22.6. The second kappa shape index (κ2) is 6.73. The van der Waals surface area contributed by atoms with Crippen LogP contribution in [0.2, 0.25) is 0 Å². The van der Waals surface area contributed by atoms with Gasteiger partial charge in [-0.2, -0.15) is 0 Å². The Hall–Kier alpha value is -1.17. The number of anilines is 1. The van der Waals surface area contributed by atoms with E-state index in [2.05, 4.69) is 0 Å². The van der Waals surface area contributed by atoms with E-state index in [1.54, 1.807) is 6.07 Å². The van der Waals surface area contributed by atoms with Crippen LogP contribution in [0.3, 0.4) is 0 Å². The van der Waals surface area contributed by atoms with Gasteiger partial charge in [-0.1, -0.05) is 6.07 Å². The van der Waals surface area contributed by atoms with E-state index in [-0.39, 0.29) is 11.9 Å². The number of halogens is 1. The van der Waals surface area contributed by atoms with Crippen molar-refractivity contribution in [2.75, 3.05) is 37.8 Å². The minimum atomic E-state index is -0.569. The number of benzene rings is 1. The number of nitrogens with zero attached hydrogens (tertiary/aromatic N) is 1. The van der Waals surface area contributed by atoms with Crippen LogP contribution in [0.5, 0.6) is 0 Å². The quantitative estimate of drug-likeness (QED) is 0.868. The molecule has 4 nitrogen and oxygen atoms in total. The van der Waals surface area contributed by atoms with Crippen LogP contribution in [0.25, 0.3) is 0 Å². The molecule has 2 aliphatic heterocycles. The van der Waals surface area contributed by atoms with Gasteiger partial charge < -0.3 is 19.5 Å². The molecule has 5 heteroatoms. The van der Waals surface area contributed by atoms with E-state index in [1.807, 2.05) is 11.0 Å². The van der Waals surface area contributed by atoms with E-state index in [0.717, 1.165) is 43.7 Å². The number of hydrogen-bond acceptors (Lipinski definition) is 4. The summed E-state index contributed by atoms with van der Waals surface area (Å²) in [5, 5.41) is 10.1. The number of fused-ring (bicyclic) bond motifs is 1. The number of aliphatic hydroxyl groups is 1. The first-order valence-corrected chi connectivity index (χ1v) is 7.63. The van der Waals surface area contributed by atoms with Crippen molar-refractivity contribution in [1.82, 2.24) is 0 Å². The molecule has 21 heavy (non-hydrogen) atoms. The summed E-state index contributed by atoms with van der Waals surface area (Å²) < 4.78 is 24.3. The van der Waals surface area contributed by atoms with Crippen molar-refractivity contribution in [3.8, 4) is 0 Å². The topological polar surface area (TPSA) is 41.9 Å². The molecule has 0 aliphatic carbocycles. The average molecular weight is 295 g/mol. The smallest absolute Gasteiger partial charge is 0.125 e. The van der Waals surface area contributed by atoms with Gasteiger partial charge in [-0.05, 0) is 37.0 Å². The SMILES string of the molecule is O[C@@H](COC[C@H]1CCCO1)CN1CCc2ccc(F)cc21. The zero-order chi connectivity index (χ0) is 14.7. The summed E-state index contributed by atoms with van der Waals surface area (Å²) in [5.41, 5.74) is 2.04. The lowest BCUT2D eigenvalue weighted by Crippen LogP contribution is -2.34. The maximum atomic E-state index is 13.3. The summed E-state index contributed by atoms with van der Waals surface area (Å²) in [6.45, 7) is 2.94. The van der Waals surface area contributed by atoms with Gasteiger partial charge in [0.25, 0.3) is 0 Å². The van der Waals surface area contributed by atoms with Crippen LogP contribution in [0.4, 0.5) is 10.1 Å². The summed E-state index contributed by atoms with van der Waals surface area (Å²) in [7, 11) is 0. The van der Waals surface area contributed by atoms with Crippen LogP contribution in [0.15, 0.2) is 18.2 Å². The molecular weight excluding hydrogens is 273 g/mol. The minimum absolute atomic E-state index is 0.179. The number of β-amino-alcohol motifs (C(OH)–C–C–N with tert-alkyl or cyclic N) is 1. The molecule has 0 radical (unpaired) electrons. The molecule has 3 rings (SSSR count). The highest BCUT2D eigenvalue weighted by Crippen LogP contribution is 2.28. The van der Waals surface area contributed by atoms with Gasteiger partial charge in [-0.15, -0.1) is 0 Å². The molecule has 2 atom stereocenters. The van der Waals surface area contributed by atoms with Crippen molar-refractivity contribution in [2.45, 2.75) is 31.5 Å². The molecule has 1 aromatic rings. The standard InChI is InChI=1S/C16H22FNO3/c17-13-4-3-12-5-6-18(16(12)8-13)9-14(19)10-20-11-15-2-1-7-21-15/h3-4,8,14-15,19H,1-2,5-7,9-11H2/t14-,15-/m1/s1. The largest absolute Gasteiger partial charge is 0.389 e. The van der Waals surface area contributed by atoms with Crippen molar-refractivity contribution in [1.29, 1.82) is 0 Å². The summed E-state index contributed by atoms with van der Waals surface area (Å²) in [4.78, 5) is 2.03. The molecule has 1 N–H and O–H groups in total. The van der Waals surface area contributed by atoms with E-state index >= 15 is 0 Å². The average Bonchev–Trinajstić information content (AvgIpc) is 3.09. The number of aliphatic hydroxyl groups excluding tert-OH is 1. The van der Waals surface area contributed by atoms with Crippen molar-refractivity contribution in [3.63, 3.8) is 0 Å². The first kappa shape index (κ1) is 14.8. The van der Waals surface area contributed by atoms with Crippen molar-refractivity contribution in [3.05, 3.63) is 29.6 Å². The third-order valence-corrected chi connectivity index (χ3v) is 4.11. The third-order valence-electron chi connectivity index (χ3n) is 4.11. The van der Waals surface area contributed by atoms with Crippen LogP contribution in [0, 0.1) is 5.82 Å². The Bertz CT molecular complexity index is 477. The highest BCUT2D eigenvalue weighted by atomic mass is 19.1. The Morgan fingerprint density at radius 2 is 2.38 bits per heavy atom. The summed E-state index contributed by atoms with van der Waals surface area (Å²) in [5.74, 6) is -0.232. The Balaban J connectivity index is 1.45. The van der Waals surface area contributed by atoms with Gasteiger partial charge >= 0.3 is 0 Å². The van der Waals surface area contributed by atoms with Gasteiger partial charge in [-0.3, -0.25) is 0 Å². The Kier molecular flexibility index (Phi) is 4.73. The van der Waals surface area contributed by atoms with Gasteiger partial charge in [-0.25, -0.2) is 4.39 Å². The summed E-state index contributed by atoms with van der Waals surface area (Å²) >= 11 is 0. The van der Waals surface area contributed by atoms with E-state index in [0.29, 0.717) is 19.8 Å². The molecule has 1 saturated heterocycles. The summed E-state index contributed by atoms with van der Waals surface area (Å²) in [6.07, 6.45) is 2.64. The van der Waals surface area contributed by atoms with Crippen LogP contribution >= 0.6 is 0 Å². The van der Waals surface area contributed by atoms with Crippen LogP contribution in [-0.4, -0.2) is 50.2 Å². The molecule has 0 amide bonds. The molecular formula is C16H22FNO3. The van der Waals surface area contributed by atoms with E-state index in [4.69, 9.17) is 9.47 Å². The molecule has 116 valence electrons. The van der Waals surface area contributed by atoms with E-state index in [9.17, 15) is 9.50 Å². The Labute approximate surface area is 124 Å². The summed E-state index contributed by atoms with van der Waals surface area (Å²) in [6, 6.07) is 4.86. The lowest BCUT2D eigenvalue weighted by Gasteiger charge is -2.23. The van der Waals surface area contributed by atoms with Crippen molar-refractivity contribution < 1.29 is 19.0 Å².